The number of benzene rings is 3. The summed E-state index contributed by atoms with van der Waals surface area (Å²) in [5, 5.41) is 5.44. The van der Waals surface area contributed by atoms with Crippen molar-refractivity contribution in [2.75, 3.05) is 12.4 Å². The van der Waals surface area contributed by atoms with Gasteiger partial charge in [0.1, 0.15) is 11.6 Å². The fraction of sp³-hybridized carbons (Fsp3) is 0.0909. The van der Waals surface area contributed by atoms with Gasteiger partial charge in [-0.3, -0.25) is 9.59 Å². The first-order valence-electron chi connectivity index (χ1n) is 8.64. The van der Waals surface area contributed by atoms with E-state index in [0.29, 0.717) is 28.1 Å². The van der Waals surface area contributed by atoms with Gasteiger partial charge in [0.25, 0.3) is 11.8 Å². The zero-order valence-corrected chi connectivity index (χ0v) is 15.2. The molecule has 3 aromatic carbocycles. The van der Waals surface area contributed by atoms with E-state index in [1.807, 2.05) is 0 Å². The second kappa shape index (κ2) is 8.81. The number of rotatable bonds is 6. The van der Waals surface area contributed by atoms with Crippen molar-refractivity contribution in [3.8, 4) is 5.75 Å². The van der Waals surface area contributed by atoms with E-state index in [2.05, 4.69) is 10.6 Å². The SMILES string of the molecule is COc1cccc(NC(=O)c2ccc(C(=O)NCc3ccccc3F)cc2)c1. The number of hydrogen-bond acceptors (Lipinski definition) is 3. The molecule has 0 aliphatic rings. The molecule has 6 heteroatoms. The number of carbonyl (C=O) groups excluding carboxylic acids is 2. The van der Waals surface area contributed by atoms with Crippen LogP contribution in [0.1, 0.15) is 26.3 Å². The Labute approximate surface area is 162 Å². The van der Waals surface area contributed by atoms with Crippen LogP contribution in [0.3, 0.4) is 0 Å². The number of hydrogen-bond donors (Lipinski definition) is 2. The maximum Gasteiger partial charge on any atom is 0.255 e. The lowest BCUT2D eigenvalue weighted by atomic mass is 10.1. The number of anilines is 1. The molecule has 0 aromatic heterocycles. The summed E-state index contributed by atoms with van der Waals surface area (Å²) in [6, 6.07) is 19.5. The zero-order chi connectivity index (χ0) is 19.9. The molecule has 0 fully saturated rings. The van der Waals surface area contributed by atoms with Crippen LogP contribution in [0.25, 0.3) is 0 Å². The Kier molecular flexibility index (Phi) is 6.01. The predicted octanol–water partition coefficient (Wildman–Crippen LogP) is 4.02. The van der Waals surface area contributed by atoms with Crippen molar-refractivity contribution in [1.29, 1.82) is 0 Å². The van der Waals surface area contributed by atoms with Crippen LogP contribution >= 0.6 is 0 Å². The normalized spacial score (nSPS) is 10.2. The topological polar surface area (TPSA) is 67.4 Å². The van der Waals surface area contributed by atoms with E-state index >= 15 is 0 Å². The lowest BCUT2D eigenvalue weighted by Gasteiger charge is -2.09. The van der Waals surface area contributed by atoms with Gasteiger partial charge in [-0.1, -0.05) is 24.3 Å². The zero-order valence-electron chi connectivity index (χ0n) is 15.2. The maximum absolute atomic E-state index is 13.6. The predicted molar refractivity (Wildman–Crippen MR) is 105 cm³/mol. The molecule has 0 spiro atoms. The Morgan fingerprint density at radius 2 is 1.57 bits per heavy atom. The summed E-state index contributed by atoms with van der Waals surface area (Å²) < 4.78 is 18.7. The fourth-order valence-corrected chi connectivity index (χ4v) is 2.60. The van der Waals surface area contributed by atoms with Gasteiger partial charge >= 0.3 is 0 Å². The van der Waals surface area contributed by atoms with Crippen molar-refractivity contribution in [3.63, 3.8) is 0 Å². The summed E-state index contributed by atoms with van der Waals surface area (Å²) >= 11 is 0. The summed E-state index contributed by atoms with van der Waals surface area (Å²) in [5.74, 6) is -0.374. The standard InChI is InChI=1S/C22H19FN2O3/c1-28-19-7-4-6-18(13-19)25-22(27)16-11-9-15(10-12-16)21(26)24-14-17-5-2-3-8-20(17)23/h2-13H,14H2,1H3,(H,24,26)(H,25,27). The van der Waals surface area contributed by atoms with Crippen LogP contribution in [0.5, 0.6) is 5.75 Å². The number of carbonyl (C=O) groups is 2. The second-order valence-electron chi connectivity index (χ2n) is 6.04. The number of methoxy groups -OCH3 is 1. The fourth-order valence-electron chi connectivity index (χ4n) is 2.60. The van der Waals surface area contributed by atoms with Crippen LogP contribution in [-0.2, 0) is 6.54 Å². The van der Waals surface area contributed by atoms with Gasteiger partial charge in [-0.25, -0.2) is 4.39 Å². The molecule has 3 aromatic rings. The highest BCUT2D eigenvalue weighted by Gasteiger charge is 2.10. The van der Waals surface area contributed by atoms with Gasteiger partial charge in [0.2, 0.25) is 0 Å². The van der Waals surface area contributed by atoms with Gasteiger partial charge in [-0.05, 0) is 42.5 Å². The minimum Gasteiger partial charge on any atom is -0.497 e. The van der Waals surface area contributed by atoms with Crippen LogP contribution in [-0.4, -0.2) is 18.9 Å². The molecule has 0 aliphatic carbocycles. The molecule has 5 nitrogen and oxygen atoms in total. The van der Waals surface area contributed by atoms with Crippen molar-refractivity contribution in [1.82, 2.24) is 5.32 Å². The number of ether oxygens (including phenoxy) is 1. The molecule has 0 saturated heterocycles. The van der Waals surface area contributed by atoms with Crippen LogP contribution in [0, 0.1) is 5.82 Å². The molecule has 0 bridgehead atoms. The molecular formula is C22H19FN2O3. The largest absolute Gasteiger partial charge is 0.497 e. The first-order chi connectivity index (χ1) is 13.6. The molecule has 3 rings (SSSR count). The molecule has 28 heavy (non-hydrogen) atoms. The third-order valence-corrected chi connectivity index (χ3v) is 4.13. The molecule has 0 radical (unpaired) electrons. The quantitative estimate of drug-likeness (QED) is 0.681. The van der Waals surface area contributed by atoms with Crippen molar-refractivity contribution in [2.45, 2.75) is 6.54 Å². The average molecular weight is 378 g/mol. The molecular weight excluding hydrogens is 359 g/mol. The summed E-state index contributed by atoms with van der Waals surface area (Å²) in [7, 11) is 1.55. The van der Waals surface area contributed by atoms with E-state index in [4.69, 9.17) is 4.74 Å². The Hall–Kier alpha value is -3.67. The van der Waals surface area contributed by atoms with Crippen LogP contribution < -0.4 is 15.4 Å². The Morgan fingerprint density at radius 1 is 0.893 bits per heavy atom. The van der Waals surface area contributed by atoms with E-state index in [9.17, 15) is 14.0 Å². The summed E-state index contributed by atoms with van der Waals surface area (Å²) in [5.41, 5.74) is 1.81. The third-order valence-electron chi connectivity index (χ3n) is 4.13. The third kappa shape index (κ3) is 4.73. The maximum atomic E-state index is 13.6. The lowest BCUT2D eigenvalue weighted by molar-refractivity contribution is 0.0948. The number of halogens is 1. The Bertz CT molecular complexity index is 987. The monoisotopic (exact) mass is 378 g/mol. The molecule has 2 amide bonds. The average Bonchev–Trinajstić information content (AvgIpc) is 2.73. The van der Waals surface area contributed by atoms with E-state index in [0.717, 1.165) is 0 Å². The molecule has 2 N–H and O–H groups in total. The van der Waals surface area contributed by atoms with Crippen molar-refractivity contribution >= 4 is 17.5 Å². The molecule has 0 aliphatic heterocycles. The summed E-state index contributed by atoms with van der Waals surface area (Å²) in [4.78, 5) is 24.6. The highest BCUT2D eigenvalue weighted by atomic mass is 19.1. The number of nitrogens with one attached hydrogen (secondary N) is 2. The van der Waals surface area contributed by atoms with Gasteiger partial charge in [-0.2, -0.15) is 0 Å². The molecule has 0 heterocycles. The van der Waals surface area contributed by atoms with E-state index < -0.39 is 0 Å². The van der Waals surface area contributed by atoms with Crippen LogP contribution in [0.4, 0.5) is 10.1 Å². The van der Waals surface area contributed by atoms with Gasteiger partial charge < -0.3 is 15.4 Å². The smallest absolute Gasteiger partial charge is 0.255 e. The Morgan fingerprint density at radius 3 is 2.25 bits per heavy atom. The van der Waals surface area contributed by atoms with Gasteiger partial charge in [0.15, 0.2) is 0 Å². The molecule has 0 saturated carbocycles. The molecule has 0 atom stereocenters. The van der Waals surface area contributed by atoms with E-state index in [-0.39, 0.29) is 24.2 Å². The minimum atomic E-state index is -0.368. The van der Waals surface area contributed by atoms with Gasteiger partial charge in [0, 0.05) is 35.0 Å². The molecule has 142 valence electrons. The van der Waals surface area contributed by atoms with Crippen molar-refractivity contribution in [2.24, 2.45) is 0 Å². The molecule has 0 unspecified atom stereocenters. The van der Waals surface area contributed by atoms with Crippen molar-refractivity contribution < 1.29 is 18.7 Å². The summed E-state index contributed by atoms with van der Waals surface area (Å²) in [6.45, 7) is 0.0869. The summed E-state index contributed by atoms with van der Waals surface area (Å²) in [6.07, 6.45) is 0. The minimum absolute atomic E-state index is 0.0869. The van der Waals surface area contributed by atoms with Crippen LogP contribution in [0.15, 0.2) is 72.8 Å². The first-order valence-corrected chi connectivity index (χ1v) is 8.64. The van der Waals surface area contributed by atoms with Gasteiger partial charge in [-0.15, -0.1) is 0 Å². The number of amides is 2. The van der Waals surface area contributed by atoms with Crippen molar-refractivity contribution in [3.05, 3.63) is 95.3 Å². The van der Waals surface area contributed by atoms with E-state index in [1.165, 1.54) is 6.07 Å². The second-order valence-corrected chi connectivity index (χ2v) is 6.04. The van der Waals surface area contributed by atoms with Gasteiger partial charge in [0.05, 0.1) is 7.11 Å². The van der Waals surface area contributed by atoms with Crippen LogP contribution in [0.2, 0.25) is 0 Å². The highest BCUT2D eigenvalue weighted by molar-refractivity contribution is 6.05. The highest BCUT2D eigenvalue weighted by Crippen LogP contribution is 2.17. The first kappa shape index (κ1) is 19.1. The van der Waals surface area contributed by atoms with E-state index in [1.54, 1.807) is 73.8 Å². The Balaban J connectivity index is 1.61. The lowest BCUT2D eigenvalue weighted by Crippen LogP contribution is -2.23.